The summed E-state index contributed by atoms with van der Waals surface area (Å²) in [4.78, 5) is 53.4. The number of carbonyl (C=O) groups is 4. The molecule has 0 aromatic heterocycles. The summed E-state index contributed by atoms with van der Waals surface area (Å²) < 4.78 is 0. The third-order valence-corrected chi connectivity index (χ3v) is 6.54. The van der Waals surface area contributed by atoms with Crippen LogP contribution in [0.25, 0.3) is 10.8 Å². The van der Waals surface area contributed by atoms with E-state index in [1.165, 1.54) is 24.3 Å². The van der Waals surface area contributed by atoms with Gasteiger partial charge in [-0.2, -0.15) is 0 Å². The van der Waals surface area contributed by atoms with Crippen LogP contribution in [0.3, 0.4) is 0 Å². The molecule has 184 valence electrons. The number of nitrogens with zero attached hydrogens (tertiary/aromatic N) is 1. The summed E-state index contributed by atoms with van der Waals surface area (Å²) in [6.45, 7) is 4.19. The topological polar surface area (TPSA) is 104 Å². The molecule has 0 spiro atoms. The highest BCUT2D eigenvalue weighted by atomic mass is 16.4. The fourth-order valence-electron chi connectivity index (χ4n) is 4.84. The van der Waals surface area contributed by atoms with E-state index in [-0.39, 0.29) is 33.0 Å². The molecular formula is C30H24N2O5. The number of nitrogens with one attached hydrogen (secondary N) is 1. The van der Waals surface area contributed by atoms with E-state index in [1.54, 1.807) is 18.2 Å². The molecule has 0 saturated carbocycles. The summed E-state index contributed by atoms with van der Waals surface area (Å²) in [6.07, 6.45) is 0.600. The van der Waals surface area contributed by atoms with Gasteiger partial charge in [-0.25, -0.2) is 9.69 Å². The Hall–Kier alpha value is -4.78. The van der Waals surface area contributed by atoms with E-state index in [1.807, 2.05) is 44.2 Å². The largest absolute Gasteiger partial charge is 0.478 e. The number of aryl methyl sites for hydroxylation is 2. The van der Waals surface area contributed by atoms with Crippen molar-refractivity contribution in [1.82, 2.24) is 5.32 Å². The van der Waals surface area contributed by atoms with Crippen molar-refractivity contribution in [2.45, 2.75) is 20.3 Å². The molecule has 0 unspecified atom stereocenters. The molecule has 0 atom stereocenters. The number of hydrogen-bond donors (Lipinski definition) is 2. The van der Waals surface area contributed by atoms with Crippen molar-refractivity contribution in [2.24, 2.45) is 0 Å². The standard InChI is InChI=1S/C30H24N2O5/c1-17-5-3-7-19(15-17)13-14-31-27(33)21-9-10-22-26-23(11-12-24(25(21)26)30(36)37)29(35)32(28(22)34)20-8-4-6-18(2)16-20/h3-12,15-16H,13-14H2,1-2H3,(H,31,33)(H,36,37). The van der Waals surface area contributed by atoms with Crippen LogP contribution in [-0.4, -0.2) is 35.3 Å². The van der Waals surface area contributed by atoms with E-state index in [0.717, 1.165) is 21.6 Å². The molecule has 1 aliphatic rings. The van der Waals surface area contributed by atoms with Crippen LogP contribution in [0, 0.1) is 13.8 Å². The van der Waals surface area contributed by atoms with Gasteiger partial charge in [0.1, 0.15) is 0 Å². The van der Waals surface area contributed by atoms with E-state index in [9.17, 15) is 24.3 Å². The molecule has 37 heavy (non-hydrogen) atoms. The van der Waals surface area contributed by atoms with Crippen LogP contribution in [0.4, 0.5) is 5.69 Å². The summed E-state index contributed by atoms with van der Waals surface area (Å²) in [5, 5.41) is 13.0. The number of rotatable bonds is 6. The molecule has 4 aromatic rings. The second kappa shape index (κ2) is 9.35. The van der Waals surface area contributed by atoms with Crippen LogP contribution in [0.15, 0.2) is 72.8 Å². The summed E-state index contributed by atoms with van der Waals surface area (Å²) in [6, 6.07) is 20.7. The quantitative estimate of drug-likeness (QED) is 0.372. The lowest BCUT2D eigenvalue weighted by Gasteiger charge is -2.28. The minimum Gasteiger partial charge on any atom is -0.478 e. The highest BCUT2D eigenvalue weighted by Gasteiger charge is 2.36. The molecule has 0 radical (unpaired) electrons. The average Bonchev–Trinajstić information content (AvgIpc) is 2.86. The molecule has 1 heterocycles. The molecule has 0 aliphatic carbocycles. The Bertz CT molecular complexity index is 1600. The Kier molecular flexibility index (Phi) is 6.05. The lowest BCUT2D eigenvalue weighted by molar-refractivity contribution is 0.0697. The van der Waals surface area contributed by atoms with Crippen molar-refractivity contribution in [1.29, 1.82) is 0 Å². The van der Waals surface area contributed by atoms with Crippen LogP contribution in [0.2, 0.25) is 0 Å². The summed E-state index contributed by atoms with van der Waals surface area (Å²) >= 11 is 0. The van der Waals surface area contributed by atoms with Crippen LogP contribution in [0.5, 0.6) is 0 Å². The van der Waals surface area contributed by atoms with Crippen molar-refractivity contribution in [3.8, 4) is 0 Å². The zero-order valence-corrected chi connectivity index (χ0v) is 20.4. The second-order valence-corrected chi connectivity index (χ2v) is 9.16. The highest BCUT2D eigenvalue weighted by Crippen LogP contribution is 2.36. The van der Waals surface area contributed by atoms with Gasteiger partial charge in [-0.05, 0) is 67.8 Å². The van der Waals surface area contributed by atoms with Crippen LogP contribution < -0.4 is 10.2 Å². The first kappa shape index (κ1) is 23.9. The molecule has 5 rings (SSSR count). The van der Waals surface area contributed by atoms with E-state index in [4.69, 9.17) is 0 Å². The maximum atomic E-state index is 13.5. The van der Waals surface area contributed by atoms with Crippen LogP contribution in [-0.2, 0) is 6.42 Å². The molecular weight excluding hydrogens is 468 g/mol. The fraction of sp³-hybridized carbons (Fsp3) is 0.133. The molecule has 0 fully saturated rings. The van der Waals surface area contributed by atoms with Gasteiger partial charge >= 0.3 is 5.97 Å². The van der Waals surface area contributed by atoms with Gasteiger partial charge in [0.05, 0.1) is 11.3 Å². The molecule has 0 bridgehead atoms. The van der Waals surface area contributed by atoms with Crippen LogP contribution in [0.1, 0.15) is 58.1 Å². The third-order valence-electron chi connectivity index (χ3n) is 6.54. The molecule has 4 aromatic carbocycles. The number of benzene rings is 4. The number of amides is 3. The maximum absolute atomic E-state index is 13.5. The zero-order valence-electron chi connectivity index (χ0n) is 20.4. The monoisotopic (exact) mass is 492 g/mol. The number of carboxylic acids is 1. The smallest absolute Gasteiger partial charge is 0.336 e. The van der Waals surface area contributed by atoms with Gasteiger partial charge in [-0.1, -0.05) is 42.0 Å². The summed E-state index contributed by atoms with van der Waals surface area (Å²) in [5.74, 6) is -2.86. The molecule has 1 aliphatic heterocycles. The lowest BCUT2D eigenvalue weighted by atomic mass is 9.88. The van der Waals surface area contributed by atoms with Crippen LogP contribution >= 0.6 is 0 Å². The van der Waals surface area contributed by atoms with E-state index in [0.29, 0.717) is 18.7 Å². The Balaban J connectivity index is 1.57. The second-order valence-electron chi connectivity index (χ2n) is 9.16. The van der Waals surface area contributed by atoms with Crippen molar-refractivity contribution in [2.75, 3.05) is 11.4 Å². The number of imide groups is 1. The number of aromatic carboxylic acids is 1. The normalized spacial score (nSPS) is 12.6. The molecule has 7 heteroatoms. The summed E-state index contributed by atoms with van der Waals surface area (Å²) in [7, 11) is 0. The number of carboxylic acid groups (broad SMARTS) is 1. The van der Waals surface area contributed by atoms with Gasteiger partial charge < -0.3 is 10.4 Å². The molecule has 7 nitrogen and oxygen atoms in total. The zero-order chi connectivity index (χ0) is 26.3. The Morgan fingerprint density at radius 1 is 0.784 bits per heavy atom. The first-order valence-electron chi connectivity index (χ1n) is 11.9. The summed E-state index contributed by atoms with van der Waals surface area (Å²) in [5.41, 5.74) is 3.79. The minimum atomic E-state index is -1.25. The minimum absolute atomic E-state index is 0.0844. The average molecular weight is 493 g/mol. The maximum Gasteiger partial charge on any atom is 0.336 e. The Labute approximate surface area is 213 Å². The van der Waals surface area contributed by atoms with Gasteiger partial charge in [0.15, 0.2) is 0 Å². The Morgan fingerprint density at radius 2 is 1.41 bits per heavy atom. The van der Waals surface area contributed by atoms with Gasteiger partial charge in [-0.15, -0.1) is 0 Å². The SMILES string of the molecule is Cc1cccc(CCNC(=O)c2ccc3c4c(ccc(C(=O)O)c24)C(=O)N(c2cccc(C)c2)C3=O)c1. The molecule has 2 N–H and O–H groups in total. The van der Waals surface area contributed by atoms with Crippen molar-refractivity contribution in [3.63, 3.8) is 0 Å². The molecule has 0 saturated heterocycles. The van der Waals surface area contributed by atoms with Crippen molar-refractivity contribution < 1.29 is 24.3 Å². The fourth-order valence-corrected chi connectivity index (χ4v) is 4.84. The first-order chi connectivity index (χ1) is 17.8. The van der Waals surface area contributed by atoms with Gasteiger partial charge in [0, 0.05) is 34.0 Å². The van der Waals surface area contributed by atoms with Crippen molar-refractivity contribution in [3.05, 3.63) is 112 Å². The van der Waals surface area contributed by atoms with E-state index < -0.39 is 23.7 Å². The van der Waals surface area contributed by atoms with E-state index in [2.05, 4.69) is 5.32 Å². The number of anilines is 1. The number of hydrogen-bond acceptors (Lipinski definition) is 4. The predicted octanol–water partition coefficient (Wildman–Crippen LogP) is 4.93. The predicted molar refractivity (Wildman–Crippen MR) is 140 cm³/mol. The highest BCUT2D eigenvalue weighted by molar-refractivity contribution is 6.37. The number of carbonyl (C=O) groups excluding carboxylic acids is 3. The van der Waals surface area contributed by atoms with Gasteiger partial charge in [0.25, 0.3) is 17.7 Å². The molecule has 3 amide bonds. The van der Waals surface area contributed by atoms with Gasteiger partial charge in [0.2, 0.25) is 0 Å². The third kappa shape index (κ3) is 4.25. The Morgan fingerprint density at radius 3 is 2.03 bits per heavy atom. The lowest BCUT2D eigenvalue weighted by Crippen LogP contribution is -2.40. The van der Waals surface area contributed by atoms with Crippen molar-refractivity contribution >= 4 is 40.2 Å². The van der Waals surface area contributed by atoms with E-state index >= 15 is 0 Å². The first-order valence-corrected chi connectivity index (χ1v) is 11.9. The van der Waals surface area contributed by atoms with Gasteiger partial charge in [-0.3, -0.25) is 14.4 Å².